The normalized spacial score (nSPS) is 34.1. The van der Waals surface area contributed by atoms with Crippen molar-refractivity contribution in [2.75, 3.05) is 12.4 Å². The van der Waals surface area contributed by atoms with Crippen LogP contribution >= 0.6 is 11.6 Å². The van der Waals surface area contributed by atoms with Crippen LogP contribution in [0.3, 0.4) is 0 Å². The van der Waals surface area contributed by atoms with Crippen molar-refractivity contribution in [3.05, 3.63) is 0 Å². The minimum Gasteiger partial charge on any atom is -0.481 e. The van der Waals surface area contributed by atoms with Crippen LogP contribution in [-0.4, -0.2) is 40.3 Å². The van der Waals surface area contributed by atoms with Gasteiger partial charge >= 0.3 is 5.97 Å². The predicted molar refractivity (Wildman–Crippen MR) is 63.9 cm³/mol. The Morgan fingerprint density at radius 3 is 2.47 bits per heavy atom. The maximum atomic E-state index is 11.8. The molecule has 1 aliphatic heterocycles. The minimum absolute atomic E-state index is 0.189. The fourth-order valence-corrected chi connectivity index (χ4v) is 3.11. The van der Waals surface area contributed by atoms with E-state index in [0.29, 0.717) is 25.1 Å². The quantitative estimate of drug-likeness (QED) is 0.785. The molecule has 1 unspecified atom stereocenters. The van der Waals surface area contributed by atoms with Crippen LogP contribution in [0.5, 0.6) is 0 Å². The highest BCUT2D eigenvalue weighted by Gasteiger charge is 2.36. The number of amides is 1. The van der Waals surface area contributed by atoms with E-state index in [1.54, 1.807) is 0 Å². The second kappa shape index (κ2) is 5.25. The molecule has 1 atom stereocenters. The topological polar surface area (TPSA) is 57.6 Å². The van der Waals surface area contributed by atoms with Gasteiger partial charge in [-0.15, -0.1) is 11.6 Å². The molecule has 0 bridgehead atoms. The van der Waals surface area contributed by atoms with Gasteiger partial charge in [-0.3, -0.25) is 9.59 Å². The molecule has 2 rings (SSSR count). The van der Waals surface area contributed by atoms with Gasteiger partial charge in [0.2, 0.25) is 5.91 Å². The van der Waals surface area contributed by atoms with Crippen molar-refractivity contribution in [1.82, 2.24) is 4.90 Å². The highest BCUT2D eigenvalue weighted by atomic mass is 35.5. The van der Waals surface area contributed by atoms with Crippen LogP contribution in [0.25, 0.3) is 0 Å². The standard InChI is InChI=1S/C12H18ClNO3/c13-6-8-5-11(15)14(7-8)10-3-1-9(2-4-10)12(16)17/h8-10H,1-7H2,(H,16,17). The number of carbonyl (C=O) groups is 2. The van der Waals surface area contributed by atoms with Crippen LogP contribution < -0.4 is 0 Å². The van der Waals surface area contributed by atoms with Gasteiger partial charge in [0, 0.05) is 24.9 Å². The Balaban J connectivity index is 1.89. The number of aliphatic carboxylic acids is 1. The van der Waals surface area contributed by atoms with Gasteiger partial charge in [0.15, 0.2) is 0 Å². The third-order valence-corrected chi connectivity index (χ3v) is 4.38. The summed E-state index contributed by atoms with van der Waals surface area (Å²) >= 11 is 5.79. The van der Waals surface area contributed by atoms with E-state index in [9.17, 15) is 9.59 Å². The van der Waals surface area contributed by atoms with Crippen LogP contribution in [-0.2, 0) is 9.59 Å². The number of likely N-dealkylation sites (tertiary alicyclic amines) is 1. The molecule has 2 fully saturated rings. The van der Waals surface area contributed by atoms with Crippen molar-refractivity contribution in [1.29, 1.82) is 0 Å². The van der Waals surface area contributed by atoms with E-state index in [1.807, 2.05) is 4.90 Å². The van der Waals surface area contributed by atoms with Gasteiger partial charge in [-0.25, -0.2) is 0 Å². The molecule has 1 heterocycles. The van der Waals surface area contributed by atoms with Crippen LogP contribution in [0.2, 0.25) is 0 Å². The number of rotatable bonds is 3. The molecule has 2 aliphatic rings. The number of hydrogen-bond donors (Lipinski definition) is 1. The van der Waals surface area contributed by atoms with Crippen molar-refractivity contribution < 1.29 is 14.7 Å². The van der Waals surface area contributed by atoms with Gasteiger partial charge in [0.05, 0.1) is 5.92 Å². The van der Waals surface area contributed by atoms with E-state index < -0.39 is 5.97 Å². The summed E-state index contributed by atoms with van der Waals surface area (Å²) in [5, 5.41) is 8.92. The molecular weight excluding hydrogens is 242 g/mol. The monoisotopic (exact) mass is 259 g/mol. The van der Waals surface area contributed by atoms with Crippen LogP contribution in [0, 0.1) is 11.8 Å². The summed E-state index contributed by atoms with van der Waals surface area (Å²) < 4.78 is 0. The van der Waals surface area contributed by atoms with Gasteiger partial charge in [-0.1, -0.05) is 0 Å². The number of halogens is 1. The Kier molecular flexibility index (Phi) is 3.92. The van der Waals surface area contributed by atoms with E-state index in [4.69, 9.17) is 16.7 Å². The molecule has 0 aromatic rings. The second-order valence-electron chi connectivity index (χ2n) is 5.11. The van der Waals surface area contributed by atoms with Gasteiger partial charge in [0.25, 0.3) is 0 Å². The van der Waals surface area contributed by atoms with E-state index in [1.165, 1.54) is 0 Å². The van der Waals surface area contributed by atoms with Gasteiger partial charge in [0.1, 0.15) is 0 Å². The third-order valence-electron chi connectivity index (χ3n) is 3.94. The molecule has 0 aromatic carbocycles. The van der Waals surface area contributed by atoms with Crippen LogP contribution in [0.1, 0.15) is 32.1 Å². The molecule has 96 valence electrons. The van der Waals surface area contributed by atoms with Crippen molar-refractivity contribution in [2.45, 2.75) is 38.1 Å². The van der Waals surface area contributed by atoms with E-state index in [2.05, 4.69) is 0 Å². The first kappa shape index (κ1) is 12.7. The average molecular weight is 260 g/mol. The van der Waals surface area contributed by atoms with Crippen LogP contribution in [0.15, 0.2) is 0 Å². The zero-order valence-corrected chi connectivity index (χ0v) is 10.5. The zero-order chi connectivity index (χ0) is 12.4. The minimum atomic E-state index is -0.699. The Morgan fingerprint density at radius 1 is 1.35 bits per heavy atom. The molecule has 0 aromatic heterocycles. The number of carboxylic acid groups (broad SMARTS) is 1. The predicted octanol–water partition coefficient (Wildman–Crippen LogP) is 1.72. The molecule has 17 heavy (non-hydrogen) atoms. The average Bonchev–Trinajstić information content (AvgIpc) is 2.71. The Bertz CT molecular complexity index is 313. The number of carboxylic acids is 1. The summed E-state index contributed by atoms with van der Waals surface area (Å²) in [7, 11) is 0. The zero-order valence-electron chi connectivity index (χ0n) is 9.77. The summed E-state index contributed by atoms with van der Waals surface area (Å²) in [4.78, 5) is 24.6. The summed E-state index contributed by atoms with van der Waals surface area (Å²) in [5.41, 5.74) is 0. The number of carbonyl (C=O) groups excluding carboxylic acids is 1. The lowest BCUT2D eigenvalue weighted by Crippen LogP contribution is -2.40. The summed E-state index contributed by atoms with van der Waals surface area (Å²) in [6, 6.07) is 0.242. The lowest BCUT2D eigenvalue weighted by atomic mass is 9.85. The highest BCUT2D eigenvalue weighted by molar-refractivity contribution is 6.18. The maximum absolute atomic E-state index is 11.8. The first-order valence-electron chi connectivity index (χ1n) is 6.20. The van der Waals surface area contributed by atoms with Crippen molar-refractivity contribution in [2.24, 2.45) is 11.8 Å². The van der Waals surface area contributed by atoms with Crippen LogP contribution in [0.4, 0.5) is 0 Å². The first-order valence-corrected chi connectivity index (χ1v) is 6.73. The smallest absolute Gasteiger partial charge is 0.306 e. The molecule has 1 saturated carbocycles. The molecule has 1 aliphatic carbocycles. The Labute approximate surface area is 106 Å². The summed E-state index contributed by atoms with van der Waals surface area (Å²) in [5.74, 6) is 0.0885. The van der Waals surface area contributed by atoms with Gasteiger partial charge < -0.3 is 10.0 Å². The maximum Gasteiger partial charge on any atom is 0.306 e. The SMILES string of the molecule is O=C(O)C1CCC(N2CC(CCl)CC2=O)CC1. The van der Waals surface area contributed by atoms with E-state index >= 15 is 0 Å². The van der Waals surface area contributed by atoms with Gasteiger partial charge in [-0.05, 0) is 31.6 Å². The van der Waals surface area contributed by atoms with Crippen molar-refractivity contribution >= 4 is 23.5 Å². The summed E-state index contributed by atoms with van der Waals surface area (Å²) in [6.07, 6.45) is 3.57. The molecule has 0 spiro atoms. The Hall–Kier alpha value is -0.770. The van der Waals surface area contributed by atoms with Crippen molar-refractivity contribution in [3.8, 4) is 0 Å². The number of alkyl halides is 1. The third kappa shape index (κ3) is 2.73. The lowest BCUT2D eigenvalue weighted by molar-refractivity contribution is -0.143. The number of nitrogens with zero attached hydrogens (tertiary/aromatic N) is 1. The fourth-order valence-electron chi connectivity index (χ4n) is 2.90. The molecular formula is C12H18ClNO3. The van der Waals surface area contributed by atoms with E-state index in [0.717, 1.165) is 19.4 Å². The Morgan fingerprint density at radius 2 is 2.00 bits per heavy atom. The molecule has 5 heteroatoms. The second-order valence-corrected chi connectivity index (χ2v) is 5.42. The van der Waals surface area contributed by atoms with Crippen molar-refractivity contribution in [3.63, 3.8) is 0 Å². The summed E-state index contributed by atoms with van der Waals surface area (Å²) in [6.45, 7) is 0.755. The highest BCUT2D eigenvalue weighted by Crippen LogP contribution is 2.31. The molecule has 1 saturated heterocycles. The molecule has 1 N–H and O–H groups in total. The van der Waals surface area contributed by atoms with E-state index in [-0.39, 0.29) is 23.8 Å². The molecule has 0 radical (unpaired) electrons. The largest absolute Gasteiger partial charge is 0.481 e. The molecule has 1 amide bonds. The fraction of sp³-hybridized carbons (Fsp3) is 0.833. The first-order chi connectivity index (χ1) is 8.11. The number of hydrogen-bond acceptors (Lipinski definition) is 2. The lowest BCUT2D eigenvalue weighted by Gasteiger charge is -2.33. The van der Waals surface area contributed by atoms with Gasteiger partial charge in [-0.2, -0.15) is 0 Å². The molecule has 4 nitrogen and oxygen atoms in total.